The van der Waals surface area contributed by atoms with Crippen LogP contribution in [-0.4, -0.2) is 19.6 Å². The van der Waals surface area contributed by atoms with Gasteiger partial charge in [0.1, 0.15) is 16.5 Å². The van der Waals surface area contributed by atoms with Crippen LogP contribution in [0.5, 0.6) is 0 Å². The van der Waals surface area contributed by atoms with Crippen LogP contribution in [0.3, 0.4) is 0 Å². The molecule has 0 aliphatic carbocycles. The lowest BCUT2D eigenvalue weighted by atomic mass is 10.1. The van der Waals surface area contributed by atoms with E-state index in [0.717, 1.165) is 36.0 Å². The molecule has 0 saturated carbocycles. The summed E-state index contributed by atoms with van der Waals surface area (Å²) in [5.41, 5.74) is 3.80. The van der Waals surface area contributed by atoms with Crippen molar-refractivity contribution in [2.24, 2.45) is 5.10 Å². The summed E-state index contributed by atoms with van der Waals surface area (Å²) in [5.74, 6) is -1.61. The lowest BCUT2D eigenvalue weighted by Crippen LogP contribution is -2.16. The third-order valence-corrected chi connectivity index (χ3v) is 5.85. The molecule has 166 valence electrons. The Kier molecular flexibility index (Phi) is 6.49. The Morgan fingerprint density at radius 3 is 2.38 bits per heavy atom. The molecule has 0 saturated heterocycles. The molecule has 2 N–H and O–H groups in total. The normalized spacial score (nSPS) is 11.5. The molecule has 0 radical (unpaired) electrons. The van der Waals surface area contributed by atoms with E-state index in [9.17, 15) is 27.3 Å². The predicted octanol–water partition coefficient (Wildman–Crippen LogP) is 4.74. The number of hydrogen-bond acceptors (Lipinski definition) is 6. The number of hydrogen-bond donors (Lipinski definition) is 2. The fourth-order valence-electron chi connectivity index (χ4n) is 2.84. The molecule has 8 nitrogen and oxygen atoms in total. The van der Waals surface area contributed by atoms with E-state index < -0.39 is 37.2 Å². The molecule has 0 aromatic heterocycles. The summed E-state index contributed by atoms with van der Waals surface area (Å²) in [4.78, 5) is 10.0. The Morgan fingerprint density at radius 2 is 1.72 bits per heavy atom. The highest BCUT2D eigenvalue weighted by molar-refractivity contribution is 7.92. The van der Waals surface area contributed by atoms with Crippen LogP contribution in [0.2, 0.25) is 0 Å². The quantitative estimate of drug-likeness (QED) is 0.300. The molecule has 3 aromatic carbocycles. The minimum absolute atomic E-state index is 0.0429. The Morgan fingerprint density at radius 1 is 1.00 bits per heavy atom. The smallest absolute Gasteiger partial charge is 0.270 e. The molecule has 0 aliphatic heterocycles. The summed E-state index contributed by atoms with van der Waals surface area (Å²) in [6, 6.07) is 11.1. The van der Waals surface area contributed by atoms with Crippen molar-refractivity contribution in [3.05, 3.63) is 93.0 Å². The van der Waals surface area contributed by atoms with E-state index >= 15 is 0 Å². The molecule has 3 rings (SSSR count). The van der Waals surface area contributed by atoms with Gasteiger partial charge in [0.15, 0.2) is 0 Å². The third-order valence-electron chi connectivity index (χ3n) is 4.44. The topological polar surface area (TPSA) is 114 Å². The maximum Gasteiger partial charge on any atom is 0.270 e. The van der Waals surface area contributed by atoms with Gasteiger partial charge in [0.2, 0.25) is 0 Å². The molecule has 0 fully saturated rings. The van der Waals surface area contributed by atoms with Crippen LogP contribution in [0.4, 0.5) is 25.8 Å². The molecule has 0 atom stereocenters. The zero-order valence-corrected chi connectivity index (χ0v) is 17.8. The van der Waals surface area contributed by atoms with E-state index in [-0.39, 0.29) is 11.3 Å². The van der Waals surface area contributed by atoms with Crippen LogP contribution >= 0.6 is 0 Å². The zero-order chi connectivity index (χ0) is 23.5. The van der Waals surface area contributed by atoms with Gasteiger partial charge in [0, 0.05) is 23.8 Å². The van der Waals surface area contributed by atoms with Crippen molar-refractivity contribution >= 4 is 33.3 Å². The molecular weight excluding hydrogens is 442 g/mol. The molecule has 0 bridgehead atoms. The van der Waals surface area contributed by atoms with Crippen molar-refractivity contribution in [3.8, 4) is 0 Å². The molecule has 11 heteroatoms. The van der Waals surface area contributed by atoms with Gasteiger partial charge in [-0.25, -0.2) is 17.2 Å². The second kappa shape index (κ2) is 9.10. The second-order valence-corrected chi connectivity index (χ2v) is 8.55. The Bertz CT molecular complexity index is 1330. The minimum atomic E-state index is -4.26. The molecule has 0 heterocycles. The van der Waals surface area contributed by atoms with Gasteiger partial charge in [-0.2, -0.15) is 5.10 Å². The standard InChI is InChI=1S/C21H18F2N4O4S/c1-13-3-7-19(14(2)9-13)26-32(30,31)21-11-17(27(28)29)6-8-20(21)25-24-12-15-4-5-16(22)10-18(15)23/h3-12,25-26H,1-2H3/b24-12+. The van der Waals surface area contributed by atoms with Crippen LogP contribution in [-0.2, 0) is 10.0 Å². The zero-order valence-electron chi connectivity index (χ0n) is 17.0. The Balaban J connectivity index is 1.96. The first-order valence-electron chi connectivity index (χ1n) is 9.19. The summed E-state index contributed by atoms with van der Waals surface area (Å²) < 4.78 is 55.3. The first-order valence-corrected chi connectivity index (χ1v) is 10.7. The van der Waals surface area contributed by atoms with Crippen molar-refractivity contribution in [1.82, 2.24) is 0 Å². The van der Waals surface area contributed by atoms with E-state index in [0.29, 0.717) is 17.3 Å². The number of sulfonamides is 1. The summed E-state index contributed by atoms with van der Waals surface area (Å²) in [7, 11) is -4.26. The number of benzene rings is 3. The predicted molar refractivity (Wildman–Crippen MR) is 117 cm³/mol. The van der Waals surface area contributed by atoms with E-state index in [1.165, 1.54) is 6.07 Å². The summed E-state index contributed by atoms with van der Waals surface area (Å²) in [6.45, 7) is 3.58. The molecule has 0 spiro atoms. The lowest BCUT2D eigenvalue weighted by Gasteiger charge is -2.14. The highest BCUT2D eigenvalue weighted by Crippen LogP contribution is 2.29. The van der Waals surface area contributed by atoms with Crippen molar-refractivity contribution in [2.75, 3.05) is 10.1 Å². The van der Waals surface area contributed by atoms with E-state index in [4.69, 9.17) is 0 Å². The number of nitrogens with one attached hydrogen (secondary N) is 2. The van der Waals surface area contributed by atoms with Gasteiger partial charge >= 0.3 is 0 Å². The van der Waals surface area contributed by atoms with E-state index in [2.05, 4.69) is 15.2 Å². The van der Waals surface area contributed by atoms with Gasteiger partial charge in [0.25, 0.3) is 15.7 Å². The fraction of sp³-hybridized carbons (Fsp3) is 0.0952. The van der Waals surface area contributed by atoms with Crippen LogP contribution in [0.25, 0.3) is 0 Å². The summed E-state index contributed by atoms with van der Waals surface area (Å²) >= 11 is 0. The summed E-state index contributed by atoms with van der Waals surface area (Å²) in [6.07, 6.45) is 1.03. The molecule has 0 aliphatic rings. The van der Waals surface area contributed by atoms with Crippen LogP contribution < -0.4 is 10.1 Å². The second-order valence-electron chi connectivity index (χ2n) is 6.90. The maximum absolute atomic E-state index is 13.8. The molecule has 0 unspecified atom stereocenters. The molecule has 0 amide bonds. The minimum Gasteiger partial charge on any atom is -0.279 e. The van der Waals surface area contributed by atoms with Gasteiger partial charge in [0.05, 0.1) is 22.5 Å². The lowest BCUT2D eigenvalue weighted by molar-refractivity contribution is -0.385. The third kappa shape index (κ3) is 5.24. The number of non-ortho nitro benzene ring substituents is 1. The van der Waals surface area contributed by atoms with Gasteiger partial charge < -0.3 is 0 Å². The van der Waals surface area contributed by atoms with Gasteiger partial charge in [-0.3, -0.25) is 20.3 Å². The highest BCUT2D eigenvalue weighted by atomic mass is 32.2. The van der Waals surface area contributed by atoms with Gasteiger partial charge in [-0.1, -0.05) is 17.7 Å². The first-order chi connectivity index (χ1) is 15.1. The van der Waals surface area contributed by atoms with Crippen molar-refractivity contribution in [3.63, 3.8) is 0 Å². The largest absolute Gasteiger partial charge is 0.279 e. The molecule has 32 heavy (non-hydrogen) atoms. The number of anilines is 2. The Hall–Kier alpha value is -3.86. The number of nitrogens with zero attached hydrogens (tertiary/aromatic N) is 2. The fourth-order valence-corrected chi connectivity index (χ4v) is 4.15. The molecule has 3 aromatic rings. The van der Waals surface area contributed by atoms with Crippen molar-refractivity contribution in [2.45, 2.75) is 18.7 Å². The van der Waals surface area contributed by atoms with Gasteiger partial charge in [-0.05, 0) is 43.7 Å². The number of nitro groups is 1. The number of nitro benzene ring substituents is 1. The van der Waals surface area contributed by atoms with Crippen LogP contribution in [0, 0.1) is 35.6 Å². The van der Waals surface area contributed by atoms with E-state index in [1.54, 1.807) is 25.1 Å². The number of halogens is 2. The monoisotopic (exact) mass is 460 g/mol. The first kappa shape index (κ1) is 22.8. The maximum atomic E-state index is 13.8. The SMILES string of the molecule is Cc1ccc(NS(=O)(=O)c2cc([N+](=O)[O-])ccc2N/N=C/c2ccc(F)cc2F)c(C)c1. The average Bonchev–Trinajstić information content (AvgIpc) is 2.71. The van der Waals surface area contributed by atoms with E-state index in [1.807, 2.05) is 6.92 Å². The highest BCUT2D eigenvalue weighted by Gasteiger charge is 2.23. The van der Waals surface area contributed by atoms with Gasteiger partial charge in [-0.15, -0.1) is 0 Å². The molecular formula is C21H18F2N4O4S. The Labute approximate surface area is 182 Å². The van der Waals surface area contributed by atoms with Crippen molar-refractivity contribution in [1.29, 1.82) is 0 Å². The van der Waals surface area contributed by atoms with Crippen LogP contribution in [0.15, 0.2) is 64.6 Å². The van der Waals surface area contributed by atoms with Crippen molar-refractivity contribution < 1.29 is 22.1 Å². The number of rotatable bonds is 7. The summed E-state index contributed by atoms with van der Waals surface area (Å²) in [5, 5.41) is 15.0. The number of aryl methyl sites for hydroxylation is 2. The number of hydrazone groups is 1. The van der Waals surface area contributed by atoms with Crippen LogP contribution in [0.1, 0.15) is 16.7 Å². The average molecular weight is 460 g/mol.